The summed E-state index contributed by atoms with van der Waals surface area (Å²) in [4.78, 5) is 0. The number of benzene rings is 3. The van der Waals surface area contributed by atoms with Crippen molar-refractivity contribution in [2.24, 2.45) is 0 Å². The third kappa shape index (κ3) is 3.67. The summed E-state index contributed by atoms with van der Waals surface area (Å²) in [6.45, 7) is 0.622. The fourth-order valence-electron chi connectivity index (χ4n) is 3.90. The minimum Gasteiger partial charge on any atom is -0.406 e. The molecule has 6 heteroatoms. The Labute approximate surface area is 165 Å². The second-order valence-electron chi connectivity index (χ2n) is 6.86. The maximum absolute atomic E-state index is 12.6. The van der Waals surface area contributed by atoms with Gasteiger partial charge in [-0.25, -0.2) is 0 Å². The normalized spacial score (nSPS) is 18.4. The summed E-state index contributed by atoms with van der Waals surface area (Å²) < 4.78 is 41.9. The molecule has 144 valence electrons. The Morgan fingerprint density at radius 3 is 2.54 bits per heavy atom. The molecule has 1 heterocycles. The van der Waals surface area contributed by atoms with Crippen LogP contribution in [0.4, 0.5) is 18.9 Å². The number of fused-ring (bicyclic) bond motifs is 1. The Morgan fingerprint density at radius 1 is 0.964 bits per heavy atom. The van der Waals surface area contributed by atoms with Gasteiger partial charge >= 0.3 is 6.36 Å². The van der Waals surface area contributed by atoms with Gasteiger partial charge in [-0.3, -0.25) is 0 Å². The Morgan fingerprint density at radius 2 is 1.75 bits per heavy atom. The van der Waals surface area contributed by atoms with Gasteiger partial charge in [-0.15, -0.1) is 13.2 Å². The molecule has 1 N–H and O–H groups in total. The monoisotopic (exact) mass is 403 g/mol. The van der Waals surface area contributed by atoms with Crippen LogP contribution in [0, 0.1) is 0 Å². The standard InChI is InChI=1S/C22H17ClF3NO/c23-17-7-4-6-16(12-17)21(14-27-20-10-2-1-9-19(20)21)13-15-5-3-8-18(11-15)28-22(24,25)26/h1-12,27H,13-14H2. The van der Waals surface area contributed by atoms with Crippen LogP contribution in [0.3, 0.4) is 0 Å². The number of ether oxygens (including phenoxy) is 1. The summed E-state index contributed by atoms with van der Waals surface area (Å²) >= 11 is 6.25. The molecule has 1 unspecified atom stereocenters. The molecule has 28 heavy (non-hydrogen) atoms. The van der Waals surface area contributed by atoms with Crippen molar-refractivity contribution in [3.05, 3.63) is 94.5 Å². The molecule has 1 atom stereocenters. The van der Waals surface area contributed by atoms with Crippen molar-refractivity contribution in [2.45, 2.75) is 18.2 Å². The van der Waals surface area contributed by atoms with Crippen molar-refractivity contribution in [3.8, 4) is 5.75 Å². The van der Waals surface area contributed by atoms with Crippen molar-refractivity contribution >= 4 is 17.3 Å². The van der Waals surface area contributed by atoms with E-state index < -0.39 is 11.8 Å². The number of alkyl halides is 3. The lowest BCUT2D eigenvalue weighted by molar-refractivity contribution is -0.274. The summed E-state index contributed by atoms with van der Waals surface area (Å²) in [7, 11) is 0. The number of hydrogen-bond acceptors (Lipinski definition) is 2. The molecule has 0 aromatic heterocycles. The van der Waals surface area contributed by atoms with Gasteiger partial charge in [0, 0.05) is 22.7 Å². The lowest BCUT2D eigenvalue weighted by Crippen LogP contribution is -2.32. The van der Waals surface area contributed by atoms with Crippen LogP contribution in [0.25, 0.3) is 0 Å². The number of halogens is 4. The van der Waals surface area contributed by atoms with Gasteiger partial charge in [0.2, 0.25) is 0 Å². The Bertz CT molecular complexity index is 1000. The first-order valence-corrected chi connectivity index (χ1v) is 9.18. The third-order valence-corrected chi connectivity index (χ3v) is 5.27. The number of hydrogen-bond donors (Lipinski definition) is 1. The van der Waals surface area contributed by atoms with Gasteiger partial charge < -0.3 is 10.1 Å². The third-order valence-electron chi connectivity index (χ3n) is 5.04. The van der Waals surface area contributed by atoms with Crippen molar-refractivity contribution < 1.29 is 17.9 Å². The Balaban J connectivity index is 1.78. The van der Waals surface area contributed by atoms with Crippen LogP contribution in [0.1, 0.15) is 16.7 Å². The van der Waals surface area contributed by atoms with Crippen LogP contribution in [-0.4, -0.2) is 12.9 Å². The molecule has 0 aliphatic carbocycles. The molecule has 0 saturated heterocycles. The second kappa shape index (κ2) is 7.06. The van der Waals surface area contributed by atoms with Crippen molar-refractivity contribution in [3.63, 3.8) is 0 Å². The summed E-state index contributed by atoms with van der Waals surface area (Å²) in [5.41, 5.74) is 3.43. The van der Waals surface area contributed by atoms with Crippen molar-refractivity contribution in [1.29, 1.82) is 0 Å². The van der Waals surface area contributed by atoms with Gasteiger partial charge in [0.25, 0.3) is 0 Å². The van der Waals surface area contributed by atoms with E-state index in [9.17, 15) is 13.2 Å². The highest BCUT2D eigenvalue weighted by Gasteiger charge is 2.40. The summed E-state index contributed by atoms with van der Waals surface area (Å²) in [5.74, 6) is -0.217. The topological polar surface area (TPSA) is 21.3 Å². The maximum atomic E-state index is 12.6. The Hall–Kier alpha value is -2.66. The van der Waals surface area contributed by atoms with E-state index in [0.717, 1.165) is 22.4 Å². The van der Waals surface area contributed by atoms with Crippen LogP contribution in [-0.2, 0) is 11.8 Å². The van der Waals surface area contributed by atoms with Gasteiger partial charge in [-0.2, -0.15) is 0 Å². The van der Waals surface area contributed by atoms with E-state index >= 15 is 0 Å². The molecule has 1 aliphatic heterocycles. The Kier molecular flexibility index (Phi) is 4.71. The molecule has 1 aliphatic rings. The molecule has 0 spiro atoms. The maximum Gasteiger partial charge on any atom is 0.573 e. The van der Waals surface area contributed by atoms with Gasteiger partial charge in [0.05, 0.1) is 0 Å². The van der Waals surface area contributed by atoms with E-state index in [-0.39, 0.29) is 5.75 Å². The van der Waals surface area contributed by atoms with E-state index in [2.05, 4.69) is 10.1 Å². The minimum atomic E-state index is -4.72. The molecular weight excluding hydrogens is 387 g/mol. The number of para-hydroxylation sites is 1. The highest BCUT2D eigenvalue weighted by Crippen LogP contribution is 2.45. The van der Waals surface area contributed by atoms with Crippen LogP contribution in [0.2, 0.25) is 5.02 Å². The predicted octanol–water partition coefficient (Wildman–Crippen LogP) is 6.19. The average molecular weight is 404 g/mol. The largest absolute Gasteiger partial charge is 0.573 e. The number of rotatable bonds is 4. The summed E-state index contributed by atoms with van der Waals surface area (Å²) in [6, 6.07) is 21.8. The highest BCUT2D eigenvalue weighted by atomic mass is 35.5. The van der Waals surface area contributed by atoms with Gasteiger partial charge in [-0.05, 0) is 53.4 Å². The summed E-state index contributed by atoms with van der Waals surface area (Å²) in [5, 5.41) is 4.05. The SMILES string of the molecule is FC(F)(F)Oc1cccc(CC2(c3cccc(Cl)c3)CNc3ccccc32)c1. The highest BCUT2D eigenvalue weighted by molar-refractivity contribution is 6.30. The molecule has 3 aromatic carbocycles. The van der Waals surface area contributed by atoms with Crippen LogP contribution >= 0.6 is 11.6 Å². The zero-order valence-corrected chi connectivity index (χ0v) is 15.5. The van der Waals surface area contributed by atoms with E-state index in [1.165, 1.54) is 12.1 Å². The fourth-order valence-corrected chi connectivity index (χ4v) is 4.09. The number of anilines is 1. The van der Waals surface area contributed by atoms with Crippen LogP contribution in [0.5, 0.6) is 5.75 Å². The minimum absolute atomic E-state index is 0.217. The van der Waals surface area contributed by atoms with E-state index in [0.29, 0.717) is 18.0 Å². The van der Waals surface area contributed by atoms with Crippen molar-refractivity contribution in [2.75, 3.05) is 11.9 Å². The van der Waals surface area contributed by atoms with Crippen molar-refractivity contribution in [1.82, 2.24) is 0 Å². The zero-order valence-electron chi connectivity index (χ0n) is 14.8. The average Bonchev–Trinajstić information content (AvgIpc) is 3.01. The van der Waals surface area contributed by atoms with Crippen LogP contribution in [0.15, 0.2) is 72.8 Å². The molecule has 0 amide bonds. The molecule has 0 radical (unpaired) electrons. The first-order valence-electron chi connectivity index (χ1n) is 8.80. The molecule has 3 aromatic rings. The second-order valence-corrected chi connectivity index (χ2v) is 7.30. The molecule has 2 nitrogen and oxygen atoms in total. The van der Waals surface area contributed by atoms with E-state index in [1.54, 1.807) is 6.07 Å². The molecule has 0 bridgehead atoms. The zero-order chi connectivity index (χ0) is 19.8. The lowest BCUT2D eigenvalue weighted by Gasteiger charge is -2.31. The summed E-state index contributed by atoms with van der Waals surface area (Å²) in [6.07, 6.45) is -4.21. The smallest absolute Gasteiger partial charge is 0.406 e. The molecule has 0 saturated carbocycles. The number of nitrogens with one attached hydrogen (secondary N) is 1. The van der Waals surface area contributed by atoms with Crippen LogP contribution < -0.4 is 10.1 Å². The first kappa shape index (κ1) is 18.7. The predicted molar refractivity (Wildman–Crippen MR) is 104 cm³/mol. The fraction of sp³-hybridized carbons (Fsp3) is 0.182. The first-order chi connectivity index (χ1) is 13.4. The quantitative estimate of drug-likeness (QED) is 0.560. The van der Waals surface area contributed by atoms with E-state index in [4.69, 9.17) is 11.6 Å². The molecule has 4 rings (SSSR count). The molecule has 0 fully saturated rings. The van der Waals surface area contributed by atoms with Gasteiger partial charge in [0.1, 0.15) is 5.75 Å². The van der Waals surface area contributed by atoms with Gasteiger partial charge in [0.15, 0.2) is 0 Å². The lowest BCUT2D eigenvalue weighted by atomic mass is 9.72. The van der Waals surface area contributed by atoms with Gasteiger partial charge in [-0.1, -0.05) is 54.1 Å². The molecular formula is C22H17ClF3NO. The van der Waals surface area contributed by atoms with E-state index in [1.807, 2.05) is 54.6 Å².